The Labute approximate surface area is 83.5 Å². The highest BCUT2D eigenvalue weighted by Gasteiger charge is 1.90. The van der Waals surface area contributed by atoms with Crippen LogP contribution < -0.4 is 0 Å². The topological polar surface area (TPSA) is 17.8 Å². The third-order valence-corrected chi connectivity index (χ3v) is 2.10. The van der Waals surface area contributed by atoms with Crippen molar-refractivity contribution in [1.29, 1.82) is 0 Å². The Morgan fingerprint density at radius 1 is 1.14 bits per heavy atom. The van der Waals surface area contributed by atoms with E-state index in [4.69, 9.17) is 0 Å². The van der Waals surface area contributed by atoms with Crippen LogP contribution in [0, 0.1) is 0 Å². The van der Waals surface area contributed by atoms with E-state index in [0.717, 1.165) is 5.69 Å². The van der Waals surface area contributed by atoms with Crippen LogP contribution in [0.4, 0.5) is 0 Å². The highest BCUT2D eigenvalue weighted by atomic mass is 14.9. The first-order valence-corrected chi connectivity index (χ1v) is 4.57. The molecule has 0 aliphatic rings. The Morgan fingerprint density at radius 3 is 2.71 bits per heavy atom. The predicted molar refractivity (Wildman–Crippen MR) is 58.6 cm³/mol. The molecule has 0 saturated heterocycles. The van der Waals surface area contributed by atoms with Crippen molar-refractivity contribution in [3.63, 3.8) is 0 Å². The fourth-order valence-corrected chi connectivity index (χ4v) is 1.29. The minimum atomic E-state index is 0.980. The van der Waals surface area contributed by atoms with Crippen LogP contribution in [0.2, 0.25) is 0 Å². The zero-order valence-electron chi connectivity index (χ0n) is 8.09. The lowest BCUT2D eigenvalue weighted by molar-refractivity contribution is 0.915. The minimum absolute atomic E-state index is 0.980. The number of aromatic nitrogens is 2. The molecule has 0 radical (unpaired) electrons. The molecular formula is C12H12N2. The van der Waals surface area contributed by atoms with Crippen LogP contribution in [0.5, 0.6) is 0 Å². The Kier molecular flexibility index (Phi) is 2.45. The first kappa shape index (κ1) is 8.75. The van der Waals surface area contributed by atoms with Gasteiger partial charge in [0.1, 0.15) is 0 Å². The molecule has 2 heterocycles. The minimum Gasteiger partial charge on any atom is -0.351 e. The Hall–Kier alpha value is -1.83. The van der Waals surface area contributed by atoms with E-state index in [1.54, 1.807) is 6.20 Å². The number of nitrogens with zero attached hydrogens (tertiary/aromatic N) is 2. The summed E-state index contributed by atoms with van der Waals surface area (Å²) in [6.45, 7) is 0. The number of rotatable bonds is 2. The summed E-state index contributed by atoms with van der Waals surface area (Å²) >= 11 is 0. The fourth-order valence-electron chi connectivity index (χ4n) is 1.29. The Balaban J connectivity index is 2.20. The van der Waals surface area contributed by atoms with E-state index in [1.807, 2.05) is 43.6 Å². The zero-order valence-corrected chi connectivity index (χ0v) is 8.09. The molecule has 0 saturated carbocycles. The van der Waals surface area contributed by atoms with E-state index in [-0.39, 0.29) is 0 Å². The smallest absolute Gasteiger partial charge is 0.0630 e. The summed E-state index contributed by atoms with van der Waals surface area (Å²) in [7, 11) is 2.03. The van der Waals surface area contributed by atoms with Gasteiger partial charge in [0.25, 0.3) is 0 Å². The van der Waals surface area contributed by atoms with Crippen molar-refractivity contribution in [2.45, 2.75) is 0 Å². The largest absolute Gasteiger partial charge is 0.351 e. The lowest BCUT2D eigenvalue weighted by atomic mass is 10.3. The molecule has 2 aromatic heterocycles. The van der Waals surface area contributed by atoms with Crippen molar-refractivity contribution in [1.82, 2.24) is 9.55 Å². The van der Waals surface area contributed by atoms with Gasteiger partial charge in [-0.1, -0.05) is 6.07 Å². The second-order valence-electron chi connectivity index (χ2n) is 3.13. The second-order valence-corrected chi connectivity index (χ2v) is 3.13. The molecule has 0 aliphatic carbocycles. The average Bonchev–Trinajstić information content (AvgIpc) is 2.63. The molecule has 2 heteroatoms. The molecule has 0 N–H and O–H groups in total. The summed E-state index contributed by atoms with van der Waals surface area (Å²) in [6.07, 6.45) is 7.89. The van der Waals surface area contributed by atoms with Gasteiger partial charge in [-0.25, -0.2) is 0 Å². The first-order chi connectivity index (χ1) is 6.86. The van der Waals surface area contributed by atoms with Gasteiger partial charge in [-0.15, -0.1) is 0 Å². The second kappa shape index (κ2) is 3.92. The molecular weight excluding hydrogens is 172 g/mol. The average molecular weight is 184 g/mol. The quantitative estimate of drug-likeness (QED) is 0.701. The van der Waals surface area contributed by atoms with Crippen LogP contribution in [-0.4, -0.2) is 9.55 Å². The molecule has 0 aromatic carbocycles. The molecule has 0 spiro atoms. The first-order valence-electron chi connectivity index (χ1n) is 4.57. The van der Waals surface area contributed by atoms with Crippen LogP contribution >= 0.6 is 0 Å². The van der Waals surface area contributed by atoms with Gasteiger partial charge in [0.2, 0.25) is 0 Å². The zero-order chi connectivity index (χ0) is 9.80. The summed E-state index contributed by atoms with van der Waals surface area (Å²) in [5.41, 5.74) is 2.16. The summed E-state index contributed by atoms with van der Waals surface area (Å²) in [5, 5.41) is 0. The molecule has 0 fully saturated rings. The van der Waals surface area contributed by atoms with Crippen LogP contribution in [0.25, 0.3) is 12.2 Å². The van der Waals surface area contributed by atoms with Crippen LogP contribution in [-0.2, 0) is 7.05 Å². The maximum absolute atomic E-state index is 4.21. The van der Waals surface area contributed by atoms with Crippen LogP contribution in [0.1, 0.15) is 11.4 Å². The van der Waals surface area contributed by atoms with E-state index in [2.05, 4.69) is 21.7 Å². The molecule has 70 valence electrons. The van der Waals surface area contributed by atoms with E-state index in [0.29, 0.717) is 0 Å². The molecule has 2 rings (SSSR count). The Morgan fingerprint density at radius 2 is 2.07 bits per heavy atom. The monoisotopic (exact) mass is 184 g/mol. The van der Waals surface area contributed by atoms with Gasteiger partial charge in [0.15, 0.2) is 0 Å². The number of pyridine rings is 1. The van der Waals surface area contributed by atoms with Gasteiger partial charge in [-0.3, -0.25) is 4.98 Å². The third kappa shape index (κ3) is 1.91. The summed E-state index contributed by atoms with van der Waals surface area (Å²) < 4.78 is 2.07. The van der Waals surface area contributed by atoms with Crippen molar-refractivity contribution in [2.24, 2.45) is 7.05 Å². The molecule has 14 heavy (non-hydrogen) atoms. The van der Waals surface area contributed by atoms with Crippen molar-refractivity contribution in [3.05, 3.63) is 54.1 Å². The van der Waals surface area contributed by atoms with Gasteiger partial charge < -0.3 is 4.57 Å². The summed E-state index contributed by atoms with van der Waals surface area (Å²) in [4.78, 5) is 4.21. The van der Waals surface area contributed by atoms with Crippen molar-refractivity contribution < 1.29 is 0 Å². The molecule has 0 aliphatic heterocycles. The Bertz CT molecular complexity index is 427. The number of aryl methyl sites for hydroxylation is 1. The predicted octanol–water partition coefficient (Wildman–Crippen LogP) is 2.59. The van der Waals surface area contributed by atoms with Gasteiger partial charge in [-0.2, -0.15) is 0 Å². The van der Waals surface area contributed by atoms with E-state index in [1.165, 1.54) is 5.69 Å². The number of hydrogen-bond donors (Lipinski definition) is 0. The molecule has 2 aromatic rings. The molecule has 0 unspecified atom stereocenters. The molecule has 0 amide bonds. The van der Waals surface area contributed by atoms with Crippen molar-refractivity contribution in [2.75, 3.05) is 0 Å². The highest BCUT2D eigenvalue weighted by molar-refractivity contribution is 5.66. The van der Waals surface area contributed by atoms with E-state index in [9.17, 15) is 0 Å². The molecule has 0 atom stereocenters. The van der Waals surface area contributed by atoms with Gasteiger partial charge >= 0.3 is 0 Å². The van der Waals surface area contributed by atoms with Gasteiger partial charge in [-0.05, 0) is 36.4 Å². The molecule has 2 nitrogen and oxygen atoms in total. The lowest BCUT2D eigenvalue weighted by Gasteiger charge is -1.95. The van der Waals surface area contributed by atoms with Crippen molar-refractivity contribution in [3.8, 4) is 0 Å². The van der Waals surface area contributed by atoms with E-state index < -0.39 is 0 Å². The maximum Gasteiger partial charge on any atom is 0.0630 e. The molecule has 0 bridgehead atoms. The lowest BCUT2D eigenvalue weighted by Crippen LogP contribution is -1.86. The summed E-state index contributed by atoms with van der Waals surface area (Å²) in [6, 6.07) is 9.98. The summed E-state index contributed by atoms with van der Waals surface area (Å²) in [5.74, 6) is 0. The van der Waals surface area contributed by atoms with Crippen molar-refractivity contribution >= 4 is 12.2 Å². The standard InChI is InChI=1S/C12H12N2/c1-14-10-4-6-12(14)8-7-11-5-2-3-9-13-11/h2-10H,1H3. The number of hydrogen-bond acceptors (Lipinski definition) is 1. The SMILES string of the molecule is Cn1cccc1C=Cc1ccccn1. The van der Waals surface area contributed by atoms with Gasteiger partial charge in [0, 0.05) is 25.1 Å². The van der Waals surface area contributed by atoms with Crippen LogP contribution in [0.15, 0.2) is 42.7 Å². The normalized spacial score (nSPS) is 10.9. The van der Waals surface area contributed by atoms with Crippen LogP contribution in [0.3, 0.4) is 0 Å². The third-order valence-electron chi connectivity index (χ3n) is 2.10. The maximum atomic E-state index is 4.21. The highest BCUT2D eigenvalue weighted by Crippen LogP contribution is 2.05. The van der Waals surface area contributed by atoms with Gasteiger partial charge in [0.05, 0.1) is 5.69 Å². The van der Waals surface area contributed by atoms with E-state index >= 15 is 0 Å². The fraction of sp³-hybridized carbons (Fsp3) is 0.0833.